The molecule has 0 spiro atoms. The maximum absolute atomic E-state index is 12.9. The number of hydrogen-bond donors (Lipinski definition) is 4. The standard InChI is InChI=1S/C24H31N3O6/c1-25-24(30)21(15-17-7-4-3-5-8-17)26-23(29)18(16-22(28)27-31)9-6-14-33-20-12-10-19(32-2)11-13-20/h3-5,7-8,10-13,18,21,31H,6,9,14-16H2,1-2H3,(H,25,30)(H,26,29)(H,27,28)/t18-,21+/m1/s1. The molecule has 0 aliphatic heterocycles. The van der Waals surface area contributed by atoms with Crippen LogP contribution < -0.4 is 25.6 Å². The lowest BCUT2D eigenvalue weighted by Crippen LogP contribution is -2.49. The molecule has 9 heteroatoms. The number of likely N-dealkylation sites (N-methyl/N-ethyl adjacent to an activating group) is 1. The van der Waals surface area contributed by atoms with Crippen LogP contribution >= 0.6 is 0 Å². The number of ether oxygens (including phenoxy) is 2. The molecule has 0 aliphatic rings. The maximum Gasteiger partial charge on any atom is 0.244 e. The van der Waals surface area contributed by atoms with Crippen LogP contribution in [0.5, 0.6) is 11.5 Å². The highest BCUT2D eigenvalue weighted by molar-refractivity contribution is 5.90. The first-order valence-corrected chi connectivity index (χ1v) is 10.7. The first-order valence-electron chi connectivity index (χ1n) is 10.7. The summed E-state index contributed by atoms with van der Waals surface area (Å²) in [6.45, 7) is 0.333. The van der Waals surface area contributed by atoms with E-state index in [0.717, 1.165) is 11.3 Å². The van der Waals surface area contributed by atoms with Crippen LogP contribution in [0.25, 0.3) is 0 Å². The predicted octanol–water partition coefficient (Wildman–Crippen LogP) is 1.84. The molecule has 0 radical (unpaired) electrons. The third kappa shape index (κ3) is 8.82. The molecular formula is C24H31N3O6. The number of benzene rings is 2. The second kappa shape index (κ2) is 13.7. The smallest absolute Gasteiger partial charge is 0.244 e. The Morgan fingerprint density at radius 1 is 0.970 bits per heavy atom. The van der Waals surface area contributed by atoms with Crippen LogP contribution in [0.2, 0.25) is 0 Å². The monoisotopic (exact) mass is 457 g/mol. The molecule has 0 saturated carbocycles. The Morgan fingerprint density at radius 3 is 2.24 bits per heavy atom. The lowest BCUT2D eigenvalue weighted by Gasteiger charge is -2.22. The normalized spacial score (nSPS) is 12.2. The Morgan fingerprint density at radius 2 is 1.64 bits per heavy atom. The van der Waals surface area contributed by atoms with Gasteiger partial charge in [0.2, 0.25) is 17.7 Å². The van der Waals surface area contributed by atoms with E-state index in [4.69, 9.17) is 14.7 Å². The van der Waals surface area contributed by atoms with Crippen LogP contribution in [0.15, 0.2) is 54.6 Å². The van der Waals surface area contributed by atoms with Crippen molar-refractivity contribution >= 4 is 17.7 Å². The molecule has 178 valence electrons. The molecule has 0 aromatic heterocycles. The van der Waals surface area contributed by atoms with Crippen molar-refractivity contribution in [2.24, 2.45) is 5.92 Å². The number of hydroxylamine groups is 1. The maximum atomic E-state index is 12.9. The highest BCUT2D eigenvalue weighted by Gasteiger charge is 2.27. The minimum Gasteiger partial charge on any atom is -0.497 e. The van der Waals surface area contributed by atoms with Gasteiger partial charge in [-0.15, -0.1) is 0 Å². The second-order valence-electron chi connectivity index (χ2n) is 7.47. The van der Waals surface area contributed by atoms with Gasteiger partial charge in [-0.3, -0.25) is 19.6 Å². The van der Waals surface area contributed by atoms with Gasteiger partial charge in [0.25, 0.3) is 0 Å². The highest BCUT2D eigenvalue weighted by atomic mass is 16.5. The fourth-order valence-corrected chi connectivity index (χ4v) is 3.31. The number of carbonyl (C=O) groups excluding carboxylic acids is 3. The van der Waals surface area contributed by atoms with Crippen LogP contribution in [-0.2, 0) is 20.8 Å². The van der Waals surface area contributed by atoms with Gasteiger partial charge in [-0.25, -0.2) is 5.48 Å². The first-order chi connectivity index (χ1) is 16.0. The molecule has 2 atom stereocenters. The first kappa shape index (κ1) is 25.7. The predicted molar refractivity (Wildman–Crippen MR) is 122 cm³/mol. The Bertz CT molecular complexity index is 889. The summed E-state index contributed by atoms with van der Waals surface area (Å²) in [4.78, 5) is 37.0. The lowest BCUT2D eigenvalue weighted by atomic mass is 9.96. The molecule has 3 amide bonds. The molecule has 0 saturated heterocycles. The van der Waals surface area contributed by atoms with Gasteiger partial charge in [-0.1, -0.05) is 30.3 Å². The average Bonchev–Trinajstić information content (AvgIpc) is 2.85. The minimum atomic E-state index is -0.792. The fourth-order valence-electron chi connectivity index (χ4n) is 3.31. The van der Waals surface area contributed by atoms with Crippen LogP contribution in [0.4, 0.5) is 0 Å². The zero-order valence-corrected chi connectivity index (χ0v) is 18.9. The molecule has 0 bridgehead atoms. The molecule has 9 nitrogen and oxygen atoms in total. The highest BCUT2D eigenvalue weighted by Crippen LogP contribution is 2.18. The Labute approximate surface area is 193 Å². The van der Waals surface area contributed by atoms with Crippen molar-refractivity contribution in [3.8, 4) is 11.5 Å². The van der Waals surface area contributed by atoms with E-state index >= 15 is 0 Å². The Hall–Kier alpha value is -3.59. The van der Waals surface area contributed by atoms with Gasteiger partial charge < -0.3 is 20.1 Å². The van der Waals surface area contributed by atoms with E-state index in [1.165, 1.54) is 7.05 Å². The number of methoxy groups -OCH3 is 1. The van der Waals surface area contributed by atoms with E-state index in [2.05, 4.69) is 10.6 Å². The molecule has 0 aliphatic carbocycles. The van der Waals surface area contributed by atoms with E-state index in [1.807, 2.05) is 30.3 Å². The van der Waals surface area contributed by atoms with Gasteiger partial charge in [-0.2, -0.15) is 0 Å². The lowest BCUT2D eigenvalue weighted by molar-refractivity contribution is -0.136. The third-order valence-corrected chi connectivity index (χ3v) is 5.11. The van der Waals surface area contributed by atoms with Crippen molar-refractivity contribution in [2.75, 3.05) is 20.8 Å². The van der Waals surface area contributed by atoms with E-state index in [0.29, 0.717) is 31.6 Å². The van der Waals surface area contributed by atoms with Crippen molar-refractivity contribution in [3.05, 3.63) is 60.2 Å². The zero-order chi connectivity index (χ0) is 24.1. The SMILES string of the molecule is CNC(=O)[C@H](Cc1ccccc1)NC(=O)[C@H](CCCOc1ccc(OC)cc1)CC(=O)NO. The Balaban J connectivity index is 1.97. The number of rotatable bonds is 13. The van der Waals surface area contributed by atoms with Crippen molar-refractivity contribution in [1.82, 2.24) is 16.1 Å². The van der Waals surface area contributed by atoms with Gasteiger partial charge in [0.15, 0.2) is 0 Å². The van der Waals surface area contributed by atoms with Crippen molar-refractivity contribution in [2.45, 2.75) is 31.7 Å². The van der Waals surface area contributed by atoms with Gasteiger partial charge in [-0.05, 0) is 42.7 Å². The van der Waals surface area contributed by atoms with Gasteiger partial charge >= 0.3 is 0 Å². The second-order valence-corrected chi connectivity index (χ2v) is 7.47. The largest absolute Gasteiger partial charge is 0.497 e. The number of nitrogens with one attached hydrogen (secondary N) is 3. The summed E-state index contributed by atoms with van der Waals surface area (Å²) in [6.07, 6.45) is 0.926. The van der Waals surface area contributed by atoms with Crippen LogP contribution in [0, 0.1) is 5.92 Å². The molecule has 33 heavy (non-hydrogen) atoms. The van der Waals surface area contributed by atoms with Crippen molar-refractivity contribution in [3.63, 3.8) is 0 Å². The summed E-state index contributed by atoms with van der Waals surface area (Å²) in [5.74, 6) is -0.805. The van der Waals surface area contributed by atoms with E-state index < -0.39 is 23.8 Å². The van der Waals surface area contributed by atoms with Gasteiger partial charge in [0, 0.05) is 25.8 Å². The van der Waals surface area contributed by atoms with E-state index in [-0.39, 0.29) is 12.3 Å². The van der Waals surface area contributed by atoms with Crippen LogP contribution in [0.1, 0.15) is 24.8 Å². The topological polar surface area (TPSA) is 126 Å². The van der Waals surface area contributed by atoms with E-state index in [9.17, 15) is 14.4 Å². The minimum absolute atomic E-state index is 0.212. The zero-order valence-electron chi connectivity index (χ0n) is 18.9. The third-order valence-electron chi connectivity index (χ3n) is 5.11. The molecular weight excluding hydrogens is 426 g/mol. The molecule has 0 unspecified atom stereocenters. The van der Waals surface area contributed by atoms with Crippen molar-refractivity contribution < 1.29 is 29.1 Å². The molecule has 0 heterocycles. The summed E-state index contributed by atoms with van der Waals surface area (Å²) >= 11 is 0. The average molecular weight is 458 g/mol. The molecule has 2 rings (SSSR count). The Kier molecular flexibility index (Phi) is 10.7. The summed E-state index contributed by atoms with van der Waals surface area (Å²) in [7, 11) is 3.08. The number of carbonyl (C=O) groups is 3. The van der Waals surface area contributed by atoms with Crippen molar-refractivity contribution in [1.29, 1.82) is 0 Å². The fraction of sp³-hybridized carbons (Fsp3) is 0.375. The summed E-state index contributed by atoms with van der Waals surface area (Å²) in [5.41, 5.74) is 2.46. The van der Waals surface area contributed by atoms with Crippen LogP contribution in [0.3, 0.4) is 0 Å². The quantitative estimate of drug-likeness (QED) is 0.207. The number of amides is 3. The summed E-state index contributed by atoms with van der Waals surface area (Å²) in [5, 5.41) is 14.2. The van der Waals surface area contributed by atoms with Crippen LogP contribution in [-0.4, -0.2) is 49.7 Å². The molecule has 4 N–H and O–H groups in total. The molecule has 2 aromatic carbocycles. The number of hydrogen-bond acceptors (Lipinski definition) is 6. The van der Waals surface area contributed by atoms with E-state index in [1.54, 1.807) is 36.9 Å². The van der Waals surface area contributed by atoms with Gasteiger partial charge in [0.1, 0.15) is 17.5 Å². The molecule has 0 fully saturated rings. The molecule has 2 aromatic rings. The summed E-state index contributed by atoms with van der Waals surface area (Å²) in [6, 6.07) is 15.6. The summed E-state index contributed by atoms with van der Waals surface area (Å²) < 4.78 is 10.8. The van der Waals surface area contributed by atoms with Gasteiger partial charge in [0.05, 0.1) is 13.7 Å².